The minimum Gasteiger partial charge on any atom is -0.411 e. The van der Waals surface area contributed by atoms with Gasteiger partial charge >= 0.3 is 0 Å². The topological polar surface area (TPSA) is 32.6 Å². The number of rotatable bonds is 10. The summed E-state index contributed by atoms with van der Waals surface area (Å²) in [5, 5.41) is 13.3. The van der Waals surface area contributed by atoms with Gasteiger partial charge in [-0.1, -0.05) is 76.3 Å². The highest BCUT2D eigenvalue weighted by atomic mass is 32.2. The minimum absolute atomic E-state index is 0.486. The number of hydrogen-bond acceptors (Lipinski definition) is 3. The fourth-order valence-electron chi connectivity index (χ4n) is 3.07. The molecule has 0 heterocycles. The van der Waals surface area contributed by atoms with Gasteiger partial charge in [-0.2, -0.15) is 11.8 Å². The van der Waals surface area contributed by atoms with Crippen molar-refractivity contribution < 1.29 is 5.21 Å². The second kappa shape index (κ2) is 13.5. The van der Waals surface area contributed by atoms with Gasteiger partial charge in [0.1, 0.15) is 0 Å². The highest BCUT2D eigenvalue weighted by Gasteiger charge is 2.18. The van der Waals surface area contributed by atoms with Crippen molar-refractivity contribution in [1.82, 2.24) is 0 Å². The molecule has 1 aliphatic carbocycles. The van der Waals surface area contributed by atoms with E-state index in [-0.39, 0.29) is 0 Å². The summed E-state index contributed by atoms with van der Waals surface area (Å²) >= 11 is 2.03. The summed E-state index contributed by atoms with van der Waals surface area (Å²) in [6, 6.07) is 0. The summed E-state index contributed by atoms with van der Waals surface area (Å²) in [5.74, 6) is 1.23. The van der Waals surface area contributed by atoms with Gasteiger partial charge in [0.25, 0.3) is 0 Å². The van der Waals surface area contributed by atoms with Crippen LogP contribution in [0.5, 0.6) is 0 Å². The van der Waals surface area contributed by atoms with Crippen molar-refractivity contribution in [3.05, 3.63) is 0 Å². The largest absolute Gasteiger partial charge is 0.411 e. The minimum atomic E-state index is 0.486. The first-order valence-electron chi connectivity index (χ1n) is 9.21. The predicted octanol–water partition coefficient (Wildman–Crippen LogP) is 6.41. The molecule has 0 spiro atoms. The Morgan fingerprint density at radius 3 is 2.33 bits per heavy atom. The van der Waals surface area contributed by atoms with Crippen molar-refractivity contribution in [1.29, 1.82) is 0 Å². The van der Waals surface area contributed by atoms with E-state index in [0.29, 0.717) is 5.25 Å². The second-order valence-electron chi connectivity index (χ2n) is 6.38. The molecule has 0 amide bonds. The fraction of sp³-hybridized carbons (Fsp3) is 0.944. The molecular formula is C18H35NOS. The van der Waals surface area contributed by atoms with Crippen molar-refractivity contribution in [2.24, 2.45) is 5.16 Å². The first-order valence-corrected chi connectivity index (χ1v) is 10.3. The maximum absolute atomic E-state index is 9.20. The first-order chi connectivity index (χ1) is 10.4. The monoisotopic (exact) mass is 313 g/mol. The lowest BCUT2D eigenvalue weighted by molar-refractivity contribution is 0.315. The molecule has 3 heteroatoms. The number of unbranched alkanes of at least 4 members (excludes halogenated alkanes) is 7. The van der Waals surface area contributed by atoms with Crippen molar-refractivity contribution in [3.63, 3.8) is 0 Å². The normalized spacial score (nSPS) is 22.1. The molecule has 0 bridgehead atoms. The van der Waals surface area contributed by atoms with Crippen LogP contribution >= 0.6 is 11.8 Å². The molecule has 21 heavy (non-hydrogen) atoms. The van der Waals surface area contributed by atoms with E-state index < -0.39 is 0 Å². The third-order valence-corrected chi connectivity index (χ3v) is 5.90. The molecule has 0 aromatic heterocycles. The smallest absolute Gasteiger partial charge is 0.0700 e. The summed E-state index contributed by atoms with van der Waals surface area (Å²) in [4.78, 5) is 0. The molecule has 1 aliphatic rings. The van der Waals surface area contributed by atoms with Crippen LogP contribution in [0.15, 0.2) is 5.16 Å². The van der Waals surface area contributed by atoms with Crippen LogP contribution in [0, 0.1) is 0 Å². The van der Waals surface area contributed by atoms with Crippen LogP contribution in [0.1, 0.15) is 96.8 Å². The average molecular weight is 314 g/mol. The number of thioether (sulfide) groups is 1. The van der Waals surface area contributed by atoms with E-state index in [1.54, 1.807) is 0 Å². The summed E-state index contributed by atoms with van der Waals surface area (Å²) in [6.45, 7) is 2.27. The fourth-order valence-corrected chi connectivity index (χ4v) is 4.42. The third kappa shape index (κ3) is 9.44. The van der Waals surface area contributed by atoms with E-state index in [1.807, 2.05) is 11.8 Å². The van der Waals surface area contributed by atoms with Gasteiger partial charge in [-0.15, -0.1) is 0 Å². The maximum Gasteiger partial charge on any atom is 0.0700 e. The Bertz CT molecular complexity index is 268. The highest BCUT2D eigenvalue weighted by Crippen LogP contribution is 2.26. The highest BCUT2D eigenvalue weighted by molar-refractivity contribution is 8.00. The van der Waals surface area contributed by atoms with Crippen molar-refractivity contribution in [3.8, 4) is 0 Å². The first kappa shape index (κ1) is 18.9. The lowest BCUT2D eigenvalue weighted by Crippen LogP contribution is -2.19. The van der Waals surface area contributed by atoms with Gasteiger partial charge in [0.15, 0.2) is 0 Å². The van der Waals surface area contributed by atoms with Gasteiger partial charge in [-0.25, -0.2) is 0 Å². The molecule has 2 nitrogen and oxygen atoms in total. The second-order valence-corrected chi connectivity index (χ2v) is 7.69. The zero-order chi connectivity index (χ0) is 15.2. The summed E-state index contributed by atoms with van der Waals surface area (Å²) in [5.41, 5.74) is 1.05. The maximum atomic E-state index is 9.20. The van der Waals surface area contributed by atoms with Crippen LogP contribution in [0.4, 0.5) is 0 Å². The average Bonchev–Trinajstić information content (AvgIpc) is 2.47. The van der Waals surface area contributed by atoms with E-state index >= 15 is 0 Å². The van der Waals surface area contributed by atoms with Crippen LogP contribution in [-0.4, -0.2) is 21.9 Å². The Labute approximate surface area is 136 Å². The molecule has 124 valence electrons. The zero-order valence-corrected chi connectivity index (χ0v) is 14.8. The van der Waals surface area contributed by atoms with Crippen molar-refractivity contribution in [2.45, 2.75) is 102 Å². The molecule has 1 saturated carbocycles. The van der Waals surface area contributed by atoms with E-state index in [1.165, 1.54) is 89.2 Å². The Kier molecular flexibility index (Phi) is 12.1. The quantitative estimate of drug-likeness (QED) is 0.287. The van der Waals surface area contributed by atoms with E-state index in [0.717, 1.165) is 12.1 Å². The van der Waals surface area contributed by atoms with Crippen LogP contribution in [0.3, 0.4) is 0 Å². The Balaban J connectivity index is 2.04. The molecule has 1 fully saturated rings. The molecule has 1 rings (SSSR count). The van der Waals surface area contributed by atoms with Gasteiger partial charge in [-0.3, -0.25) is 0 Å². The van der Waals surface area contributed by atoms with Crippen LogP contribution < -0.4 is 0 Å². The SMILES string of the molecule is CCCCCCCCCCS[C@@H]1CCCCCC/C1=N/O. The standard InChI is InChI=1S/C18H35NOS/c1-2-3-4-5-6-7-10-13-16-21-18-15-12-9-8-11-14-17(18)19-20/h18,20H,2-16H2,1H3/b19-17-/t18-/m1/s1. The summed E-state index contributed by atoms with van der Waals surface area (Å²) in [6.07, 6.45) is 18.5. The van der Waals surface area contributed by atoms with Gasteiger partial charge in [0, 0.05) is 5.25 Å². The molecule has 0 aromatic rings. The number of hydrogen-bond donors (Lipinski definition) is 1. The van der Waals surface area contributed by atoms with Gasteiger partial charge in [0.2, 0.25) is 0 Å². The van der Waals surface area contributed by atoms with Crippen LogP contribution in [0.2, 0.25) is 0 Å². The summed E-state index contributed by atoms with van der Waals surface area (Å²) in [7, 11) is 0. The molecule has 0 saturated heterocycles. The van der Waals surface area contributed by atoms with Crippen molar-refractivity contribution in [2.75, 3.05) is 5.75 Å². The van der Waals surface area contributed by atoms with Crippen LogP contribution in [0.25, 0.3) is 0 Å². The van der Waals surface area contributed by atoms with Gasteiger partial charge in [0.05, 0.1) is 5.71 Å². The Morgan fingerprint density at radius 2 is 1.62 bits per heavy atom. The predicted molar refractivity (Wildman–Crippen MR) is 95.8 cm³/mol. The number of oxime groups is 1. The Morgan fingerprint density at radius 1 is 0.952 bits per heavy atom. The molecule has 0 unspecified atom stereocenters. The third-order valence-electron chi connectivity index (χ3n) is 4.47. The van der Waals surface area contributed by atoms with Crippen molar-refractivity contribution >= 4 is 17.5 Å². The molecule has 1 N–H and O–H groups in total. The van der Waals surface area contributed by atoms with Gasteiger partial charge in [-0.05, 0) is 31.4 Å². The van der Waals surface area contributed by atoms with E-state index in [9.17, 15) is 5.21 Å². The molecule has 0 aliphatic heterocycles. The lowest BCUT2D eigenvalue weighted by atomic mass is 9.99. The van der Waals surface area contributed by atoms with Crippen LogP contribution in [-0.2, 0) is 0 Å². The molecule has 0 radical (unpaired) electrons. The summed E-state index contributed by atoms with van der Waals surface area (Å²) < 4.78 is 0. The Hall–Kier alpha value is -0.180. The van der Waals surface area contributed by atoms with Gasteiger partial charge < -0.3 is 5.21 Å². The van der Waals surface area contributed by atoms with E-state index in [2.05, 4.69) is 12.1 Å². The molecular weight excluding hydrogens is 278 g/mol. The number of nitrogens with zero attached hydrogens (tertiary/aromatic N) is 1. The zero-order valence-electron chi connectivity index (χ0n) is 14.0. The van der Waals surface area contributed by atoms with E-state index in [4.69, 9.17) is 0 Å². The molecule has 0 aromatic carbocycles. The lowest BCUT2D eigenvalue weighted by Gasteiger charge is -2.20. The molecule has 1 atom stereocenters.